The van der Waals surface area contributed by atoms with Crippen molar-refractivity contribution in [2.75, 3.05) is 20.2 Å². The van der Waals surface area contributed by atoms with Crippen molar-refractivity contribution >= 4 is 22.8 Å². The highest BCUT2D eigenvalue weighted by Crippen LogP contribution is 2.14. The molecule has 0 saturated heterocycles. The minimum absolute atomic E-state index is 0.0138. The lowest BCUT2D eigenvalue weighted by Gasteiger charge is -2.22. The third kappa shape index (κ3) is 4.92. The van der Waals surface area contributed by atoms with E-state index in [1.54, 1.807) is 24.3 Å². The van der Waals surface area contributed by atoms with Gasteiger partial charge in [0.15, 0.2) is 0 Å². The van der Waals surface area contributed by atoms with Gasteiger partial charge >= 0.3 is 11.6 Å². The average Bonchev–Trinajstić information content (AvgIpc) is 2.63. The molecule has 6 heteroatoms. The summed E-state index contributed by atoms with van der Waals surface area (Å²) in [6.45, 7) is 2.76. The van der Waals surface area contributed by atoms with Crippen molar-refractivity contribution in [3.05, 3.63) is 46.3 Å². The van der Waals surface area contributed by atoms with Crippen LogP contribution in [-0.2, 0) is 9.53 Å². The summed E-state index contributed by atoms with van der Waals surface area (Å²) >= 11 is 0. The Balaban J connectivity index is 2.25. The van der Waals surface area contributed by atoms with Crippen molar-refractivity contribution in [1.29, 1.82) is 0 Å². The molecule has 0 atom stereocenters. The molecule has 1 aromatic carbocycles. The van der Waals surface area contributed by atoms with Gasteiger partial charge in [-0.15, -0.1) is 0 Å². The summed E-state index contributed by atoms with van der Waals surface area (Å²) in [5.74, 6) is -0.807. The minimum Gasteiger partial charge on any atom is -0.469 e. The van der Waals surface area contributed by atoms with Crippen LogP contribution >= 0.6 is 0 Å². The van der Waals surface area contributed by atoms with E-state index in [0.717, 1.165) is 19.3 Å². The first-order valence-corrected chi connectivity index (χ1v) is 8.45. The number of fused-ring (bicyclic) bond motifs is 1. The Morgan fingerprint density at radius 2 is 1.92 bits per heavy atom. The molecule has 0 aliphatic heterocycles. The first kappa shape index (κ1) is 18.7. The topological polar surface area (TPSA) is 76.8 Å². The number of ether oxygens (including phenoxy) is 1. The molecule has 134 valence electrons. The summed E-state index contributed by atoms with van der Waals surface area (Å²) in [6, 6.07) is 8.59. The number of nitrogens with zero attached hydrogens (tertiary/aromatic N) is 1. The molecule has 0 fully saturated rings. The second kappa shape index (κ2) is 9.01. The number of rotatable bonds is 8. The standard InChI is InChI=1S/C19H23NO5/c1-3-4-7-11-20(12-10-17(21)24-2)18(22)15-13-14-8-5-6-9-16(14)25-19(15)23/h5-6,8-9,13H,3-4,7,10-12H2,1-2H3. The number of carbonyl (C=O) groups is 2. The number of unbranched alkanes of at least 4 members (excludes halogenated alkanes) is 2. The Labute approximate surface area is 146 Å². The van der Waals surface area contributed by atoms with E-state index in [4.69, 9.17) is 4.42 Å². The van der Waals surface area contributed by atoms with Crippen molar-refractivity contribution in [1.82, 2.24) is 4.90 Å². The van der Waals surface area contributed by atoms with E-state index in [2.05, 4.69) is 11.7 Å². The molecule has 0 bridgehead atoms. The minimum atomic E-state index is -0.665. The molecule has 0 aliphatic rings. The Kier molecular flexibility index (Phi) is 6.74. The quantitative estimate of drug-likeness (QED) is 0.418. The lowest BCUT2D eigenvalue weighted by molar-refractivity contribution is -0.140. The van der Waals surface area contributed by atoms with Gasteiger partial charge in [-0.2, -0.15) is 0 Å². The van der Waals surface area contributed by atoms with Crippen molar-refractivity contribution in [3.63, 3.8) is 0 Å². The lowest BCUT2D eigenvalue weighted by Crippen LogP contribution is -2.36. The van der Waals surface area contributed by atoms with Gasteiger partial charge < -0.3 is 14.1 Å². The number of benzene rings is 1. The van der Waals surface area contributed by atoms with E-state index < -0.39 is 11.5 Å². The van der Waals surface area contributed by atoms with Crippen LogP contribution in [0.1, 0.15) is 43.0 Å². The summed E-state index contributed by atoms with van der Waals surface area (Å²) in [7, 11) is 1.31. The average molecular weight is 345 g/mol. The fourth-order valence-corrected chi connectivity index (χ4v) is 2.58. The molecule has 1 aromatic heterocycles. The second-order valence-electron chi connectivity index (χ2n) is 5.81. The van der Waals surface area contributed by atoms with Crippen LogP contribution in [-0.4, -0.2) is 37.0 Å². The zero-order chi connectivity index (χ0) is 18.2. The van der Waals surface area contributed by atoms with Crippen molar-refractivity contribution in [2.45, 2.75) is 32.6 Å². The van der Waals surface area contributed by atoms with Crippen LogP contribution in [0.15, 0.2) is 39.5 Å². The third-order valence-electron chi connectivity index (χ3n) is 4.00. The van der Waals surface area contributed by atoms with Gasteiger partial charge in [0.05, 0.1) is 13.5 Å². The molecule has 0 aliphatic carbocycles. The van der Waals surface area contributed by atoms with E-state index in [0.29, 0.717) is 17.5 Å². The van der Waals surface area contributed by atoms with Gasteiger partial charge in [0.2, 0.25) is 0 Å². The maximum Gasteiger partial charge on any atom is 0.349 e. The summed E-state index contributed by atoms with van der Waals surface area (Å²) < 4.78 is 9.88. The van der Waals surface area contributed by atoms with Crippen LogP contribution in [0.25, 0.3) is 11.0 Å². The van der Waals surface area contributed by atoms with Gasteiger partial charge in [-0.05, 0) is 18.6 Å². The molecule has 2 aromatic rings. The molecular weight excluding hydrogens is 322 g/mol. The predicted octanol–water partition coefficient (Wildman–Crippen LogP) is 2.99. The van der Waals surface area contributed by atoms with Crippen LogP contribution in [0.2, 0.25) is 0 Å². The van der Waals surface area contributed by atoms with Gasteiger partial charge in [0.1, 0.15) is 11.1 Å². The zero-order valence-electron chi connectivity index (χ0n) is 14.6. The van der Waals surface area contributed by atoms with E-state index in [-0.39, 0.29) is 24.5 Å². The SMILES string of the molecule is CCCCCN(CCC(=O)OC)C(=O)c1cc2ccccc2oc1=O. The lowest BCUT2D eigenvalue weighted by atomic mass is 10.1. The highest BCUT2D eigenvalue weighted by molar-refractivity contribution is 5.96. The number of amides is 1. The maximum atomic E-state index is 12.8. The van der Waals surface area contributed by atoms with Crippen LogP contribution in [0.5, 0.6) is 0 Å². The zero-order valence-corrected chi connectivity index (χ0v) is 14.6. The summed E-state index contributed by atoms with van der Waals surface area (Å²) in [6.07, 6.45) is 2.88. The van der Waals surface area contributed by atoms with Crippen LogP contribution in [0, 0.1) is 0 Å². The Morgan fingerprint density at radius 3 is 2.64 bits per heavy atom. The summed E-state index contributed by atoms with van der Waals surface area (Å²) in [5.41, 5.74) is -0.238. The fourth-order valence-electron chi connectivity index (χ4n) is 2.58. The van der Waals surface area contributed by atoms with Crippen LogP contribution in [0.4, 0.5) is 0 Å². The van der Waals surface area contributed by atoms with Gasteiger partial charge in [-0.1, -0.05) is 38.0 Å². The molecule has 0 N–H and O–H groups in total. The molecule has 1 heterocycles. The summed E-state index contributed by atoms with van der Waals surface area (Å²) in [4.78, 5) is 37.9. The first-order chi connectivity index (χ1) is 12.1. The molecule has 0 radical (unpaired) electrons. The Morgan fingerprint density at radius 1 is 1.16 bits per heavy atom. The predicted molar refractivity (Wildman–Crippen MR) is 94.5 cm³/mol. The van der Waals surface area contributed by atoms with Crippen LogP contribution in [0.3, 0.4) is 0 Å². The maximum absolute atomic E-state index is 12.8. The molecule has 6 nitrogen and oxygen atoms in total. The number of para-hydroxylation sites is 1. The number of hydrogen-bond donors (Lipinski definition) is 0. The third-order valence-corrected chi connectivity index (χ3v) is 4.00. The smallest absolute Gasteiger partial charge is 0.349 e. The number of hydrogen-bond acceptors (Lipinski definition) is 5. The molecule has 2 rings (SSSR count). The molecule has 0 spiro atoms. The van der Waals surface area contributed by atoms with E-state index in [9.17, 15) is 14.4 Å². The van der Waals surface area contributed by atoms with E-state index >= 15 is 0 Å². The highest BCUT2D eigenvalue weighted by Gasteiger charge is 2.21. The summed E-state index contributed by atoms with van der Waals surface area (Å²) in [5, 5.41) is 0.687. The fraction of sp³-hybridized carbons (Fsp3) is 0.421. The van der Waals surface area contributed by atoms with Gasteiger partial charge in [0.25, 0.3) is 5.91 Å². The van der Waals surface area contributed by atoms with E-state index in [1.807, 2.05) is 6.07 Å². The molecule has 25 heavy (non-hydrogen) atoms. The van der Waals surface area contributed by atoms with Gasteiger partial charge in [-0.3, -0.25) is 9.59 Å². The molecular formula is C19H23NO5. The number of esters is 1. The van der Waals surface area contributed by atoms with Crippen molar-refractivity contribution < 1.29 is 18.7 Å². The van der Waals surface area contributed by atoms with E-state index in [1.165, 1.54) is 12.0 Å². The van der Waals surface area contributed by atoms with Gasteiger partial charge in [-0.25, -0.2) is 4.79 Å². The normalized spacial score (nSPS) is 10.6. The first-order valence-electron chi connectivity index (χ1n) is 8.45. The second-order valence-corrected chi connectivity index (χ2v) is 5.81. The molecule has 0 unspecified atom stereocenters. The number of carbonyl (C=O) groups excluding carboxylic acids is 2. The molecule has 1 amide bonds. The largest absolute Gasteiger partial charge is 0.469 e. The van der Waals surface area contributed by atoms with Crippen molar-refractivity contribution in [2.24, 2.45) is 0 Å². The Hall–Kier alpha value is -2.63. The monoisotopic (exact) mass is 345 g/mol. The van der Waals surface area contributed by atoms with Gasteiger partial charge in [0, 0.05) is 18.5 Å². The van der Waals surface area contributed by atoms with Crippen molar-refractivity contribution in [3.8, 4) is 0 Å². The molecule has 0 saturated carbocycles. The highest BCUT2D eigenvalue weighted by atomic mass is 16.5. The Bertz CT molecular complexity index is 796. The number of methoxy groups -OCH3 is 1. The van der Waals surface area contributed by atoms with Crippen LogP contribution < -0.4 is 5.63 Å².